The zero-order valence-corrected chi connectivity index (χ0v) is 11.4. The first kappa shape index (κ1) is 13.0. The molecule has 0 radical (unpaired) electrons. The minimum absolute atomic E-state index is 0.106. The number of aromatic nitrogens is 2. The first-order valence-electron chi connectivity index (χ1n) is 6.23. The Balaban J connectivity index is 2.42. The number of benzene rings is 1. The molecule has 7 nitrogen and oxygen atoms in total. The van der Waals surface area contributed by atoms with Crippen molar-refractivity contribution in [3.8, 4) is 5.69 Å². The number of nitro groups is 1. The molecule has 3 aromatic rings. The van der Waals surface area contributed by atoms with Crippen LogP contribution in [0.5, 0.6) is 0 Å². The lowest BCUT2D eigenvalue weighted by atomic mass is 10.2. The predicted octanol–water partition coefficient (Wildman–Crippen LogP) is 2.50. The van der Waals surface area contributed by atoms with Crippen molar-refractivity contribution in [1.29, 1.82) is 0 Å². The van der Waals surface area contributed by atoms with E-state index in [1.165, 1.54) is 16.8 Å². The van der Waals surface area contributed by atoms with Gasteiger partial charge in [-0.3, -0.25) is 10.1 Å². The lowest BCUT2D eigenvalue weighted by molar-refractivity contribution is -0.384. The number of hydrogen-bond donors (Lipinski definition) is 0. The Hall–Kier alpha value is -2.96. The Morgan fingerprint density at radius 1 is 1.29 bits per heavy atom. The van der Waals surface area contributed by atoms with Crippen LogP contribution >= 0.6 is 0 Å². The van der Waals surface area contributed by atoms with Crippen LogP contribution in [0.4, 0.5) is 5.69 Å². The number of fused-ring (bicyclic) bond motifs is 1. The summed E-state index contributed by atoms with van der Waals surface area (Å²) in [6.45, 7) is 3.54. The highest BCUT2D eigenvalue weighted by Gasteiger charge is 2.20. The molecule has 0 aliphatic rings. The molecule has 0 aliphatic carbocycles. The van der Waals surface area contributed by atoms with Gasteiger partial charge in [-0.1, -0.05) is 12.1 Å². The predicted molar refractivity (Wildman–Crippen MR) is 75.7 cm³/mol. The molecule has 0 saturated carbocycles. The summed E-state index contributed by atoms with van der Waals surface area (Å²) in [5.74, 6) is 0. The molecule has 0 saturated heterocycles. The van der Waals surface area contributed by atoms with Gasteiger partial charge in [-0.05, 0) is 25.5 Å². The average Bonchev–Trinajstić information content (AvgIpc) is 2.75. The Morgan fingerprint density at radius 2 is 2.00 bits per heavy atom. The topological polar surface area (TPSA) is 91.2 Å². The van der Waals surface area contributed by atoms with Crippen molar-refractivity contribution in [2.45, 2.75) is 13.8 Å². The quantitative estimate of drug-likeness (QED) is 0.533. The van der Waals surface area contributed by atoms with Crippen LogP contribution in [0.3, 0.4) is 0 Å². The highest BCUT2D eigenvalue weighted by atomic mass is 16.6. The van der Waals surface area contributed by atoms with Gasteiger partial charge in [-0.2, -0.15) is 9.78 Å². The van der Waals surface area contributed by atoms with E-state index >= 15 is 0 Å². The molecule has 2 heterocycles. The number of nitrogens with zero attached hydrogens (tertiary/aromatic N) is 3. The molecule has 0 unspecified atom stereocenters. The molecule has 1 aromatic carbocycles. The maximum atomic E-state index is 11.6. The van der Waals surface area contributed by atoms with Crippen LogP contribution in [0, 0.1) is 24.0 Å². The molecule has 0 atom stereocenters. The average molecular weight is 285 g/mol. The largest absolute Gasteiger partial charge is 0.403 e. The van der Waals surface area contributed by atoms with Crippen LogP contribution in [0.1, 0.15) is 11.3 Å². The van der Waals surface area contributed by atoms with E-state index in [2.05, 4.69) is 5.10 Å². The molecule has 2 aromatic heterocycles. The second-order valence-corrected chi connectivity index (χ2v) is 4.67. The lowest BCUT2D eigenvalue weighted by Gasteiger charge is -2.03. The van der Waals surface area contributed by atoms with Crippen molar-refractivity contribution >= 4 is 16.8 Å². The van der Waals surface area contributed by atoms with Crippen LogP contribution in [0.25, 0.3) is 16.8 Å². The minimum Gasteiger partial charge on any atom is -0.403 e. The van der Waals surface area contributed by atoms with Crippen molar-refractivity contribution in [1.82, 2.24) is 9.78 Å². The summed E-state index contributed by atoms with van der Waals surface area (Å²) in [6.07, 6.45) is 0. The van der Waals surface area contributed by atoms with E-state index in [1.54, 1.807) is 32.0 Å². The summed E-state index contributed by atoms with van der Waals surface area (Å²) in [7, 11) is 0. The Morgan fingerprint density at radius 3 is 2.71 bits per heavy atom. The van der Waals surface area contributed by atoms with Crippen molar-refractivity contribution in [2.24, 2.45) is 0 Å². The fourth-order valence-corrected chi connectivity index (χ4v) is 2.39. The first-order chi connectivity index (χ1) is 9.99. The Labute approximate surface area is 118 Å². The molecule has 21 heavy (non-hydrogen) atoms. The van der Waals surface area contributed by atoms with Gasteiger partial charge >= 0.3 is 5.63 Å². The van der Waals surface area contributed by atoms with E-state index in [-0.39, 0.29) is 17.1 Å². The normalized spacial score (nSPS) is 11.0. The first-order valence-corrected chi connectivity index (χ1v) is 6.23. The summed E-state index contributed by atoms with van der Waals surface area (Å²) in [6, 6.07) is 7.56. The third kappa shape index (κ3) is 1.99. The molecule has 0 N–H and O–H groups in total. The van der Waals surface area contributed by atoms with E-state index in [0.717, 1.165) is 5.56 Å². The molecule has 0 bridgehead atoms. The van der Waals surface area contributed by atoms with E-state index in [0.29, 0.717) is 11.1 Å². The molecule has 106 valence electrons. The molecule has 7 heteroatoms. The Bertz CT molecular complexity index is 924. The Kier molecular flexibility index (Phi) is 2.83. The van der Waals surface area contributed by atoms with Gasteiger partial charge in [0.25, 0.3) is 5.69 Å². The number of para-hydroxylation sites is 2. The summed E-state index contributed by atoms with van der Waals surface area (Å²) < 4.78 is 6.51. The van der Waals surface area contributed by atoms with Crippen LogP contribution in [0.2, 0.25) is 0 Å². The van der Waals surface area contributed by atoms with E-state index < -0.39 is 10.5 Å². The lowest BCUT2D eigenvalue weighted by Crippen LogP contribution is -2.04. The molecular weight excluding hydrogens is 274 g/mol. The van der Waals surface area contributed by atoms with E-state index in [1.807, 2.05) is 0 Å². The second-order valence-electron chi connectivity index (χ2n) is 4.67. The maximum Gasteiger partial charge on any atom is 0.337 e. The van der Waals surface area contributed by atoms with Gasteiger partial charge in [0, 0.05) is 12.1 Å². The van der Waals surface area contributed by atoms with Gasteiger partial charge in [0.05, 0.1) is 16.0 Å². The zero-order valence-electron chi connectivity index (χ0n) is 11.4. The van der Waals surface area contributed by atoms with Gasteiger partial charge in [-0.25, -0.2) is 4.79 Å². The standard InChI is InChI=1S/C14H11N3O4/c1-8-7-12(18)21-14-13(8)9(2)15-16(14)10-5-3-4-6-11(10)17(19)20/h3-7H,1-2H3. The fourth-order valence-electron chi connectivity index (χ4n) is 2.39. The van der Waals surface area contributed by atoms with Gasteiger partial charge in [0.15, 0.2) is 0 Å². The number of rotatable bonds is 2. The van der Waals surface area contributed by atoms with E-state index in [9.17, 15) is 14.9 Å². The molecule has 0 amide bonds. The summed E-state index contributed by atoms with van der Waals surface area (Å²) in [5, 5.41) is 16.1. The summed E-state index contributed by atoms with van der Waals surface area (Å²) in [4.78, 5) is 22.2. The highest BCUT2D eigenvalue weighted by molar-refractivity contribution is 5.82. The maximum absolute atomic E-state index is 11.6. The smallest absolute Gasteiger partial charge is 0.337 e. The van der Waals surface area contributed by atoms with Gasteiger partial charge in [0.1, 0.15) is 5.69 Å². The minimum atomic E-state index is -0.514. The van der Waals surface area contributed by atoms with Crippen LogP contribution in [-0.2, 0) is 0 Å². The van der Waals surface area contributed by atoms with Gasteiger partial charge < -0.3 is 4.42 Å². The molecule has 0 aliphatic heterocycles. The summed E-state index contributed by atoms with van der Waals surface area (Å²) >= 11 is 0. The van der Waals surface area contributed by atoms with Crippen molar-refractivity contribution in [3.63, 3.8) is 0 Å². The van der Waals surface area contributed by atoms with Crippen molar-refractivity contribution in [2.75, 3.05) is 0 Å². The van der Waals surface area contributed by atoms with E-state index in [4.69, 9.17) is 4.42 Å². The third-order valence-corrected chi connectivity index (χ3v) is 3.25. The van der Waals surface area contributed by atoms with Crippen molar-refractivity contribution in [3.05, 3.63) is 62.1 Å². The van der Waals surface area contributed by atoms with Crippen LogP contribution in [0.15, 0.2) is 39.5 Å². The van der Waals surface area contributed by atoms with Gasteiger partial charge in [-0.15, -0.1) is 0 Å². The molecule has 0 fully saturated rings. The second kappa shape index (κ2) is 4.55. The van der Waals surface area contributed by atoms with Gasteiger partial charge in [0.2, 0.25) is 5.71 Å². The zero-order chi connectivity index (χ0) is 15.1. The third-order valence-electron chi connectivity index (χ3n) is 3.25. The number of aryl methyl sites for hydroxylation is 2. The fraction of sp³-hybridized carbons (Fsp3) is 0.143. The number of nitro benzene ring substituents is 1. The van der Waals surface area contributed by atoms with Crippen LogP contribution < -0.4 is 5.63 Å². The van der Waals surface area contributed by atoms with Crippen LogP contribution in [-0.4, -0.2) is 14.7 Å². The molecular formula is C14H11N3O4. The highest BCUT2D eigenvalue weighted by Crippen LogP contribution is 2.28. The monoisotopic (exact) mass is 285 g/mol. The molecule has 3 rings (SSSR count). The summed E-state index contributed by atoms with van der Waals surface area (Å²) in [5.41, 5.74) is 1.22. The molecule has 0 spiro atoms. The number of hydrogen-bond acceptors (Lipinski definition) is 5. The SMILES string of the molecule is Cc1cc(=O)oc2c1c(C)nn2-c1ccccc1[N+](=O)[O-]. The van der Waals surface area contributed by atoms with Crippen molar-refractivity contribution < 1.29 is 9.34 Å².